The van der Waals surface area contributed by atoms with E-state index in [-0.39, 0.29) is 5.97 Å². The monoisotopic (exact) mass is 362 g/mol. The van der Waals surface area contributed by atoms with Crippen LogP contribution in [0.2, 0.25) is 0 Å². The van der Waals surface area contributed by atoms with E-state index in [0.717, 1.165) is 42.8 Å². The fraction of sp³-hybridized carbons (Fsp3) is 0.286. The summed E-state index contributed by atoms with van der Waals surface area (Å²) in [5.41, 5.74) is 3.52. The van der Waals surface area contributed by atoms with Crippen LogP contribution < -0.4 is 9.80 Å². The quantitative estimate of drug-likeness (QED) is 0.665. The van der Waals surface area contributed by atoms with Gasteiger partial charge >= 0.3 is 5.97 Å². The minimum Gasteiger partial charge on any atom is -0.462 e. The van der Waals surface area contributed by atoms with Gasteiger partial charge in [-0.2, -0.15) is 0 Å². The van der Waals surface area contributed by atoms with Crippen LogP contribution in [0.15, 0.2) is 55.0 Å². The Labute approximate surface area is 158 Å². The molecule has 1 saturated heterocycles. The van der Waals surface area contributed by atoms with Gasteiger partial charge in [-0.1, -0.05) is 18.2 Å². The topological polar surface area (TPSA) is 58.6 Å². The van der Waals surface area contributed by atoms with Crippen LogP contribution in [-0.2, 0) is 4.74 Å². The third kappa shape index (κ3) is 3.43. The van der Waals surface area contributed by atoms with E-state index in [2.05, 4.69) is 19.8 Å². The van der Waals surface area contributed by atoms with E-state index in [0.29, 0.717) is 12.2 Å². The van der Waals surface area contributed by atoms with Gasteiger partial charge in [-0.15, -0.1) is 0 Å². The van der Waals surface area contributed by atoms with E-state index in [9.17, 15) is 4.79 Å². The molecule has 6 nitrogen and oxygen atoms in total. The second-order valence-corrected chi connectivity index (χ2v) is 6.44. The Morgan fingerprint density at radius 3 is 2.48 bits per heavy atom. The molecule has 0 saturated carbocycles. The van der Waals surface area contributed by atoms with Gasteiger partial charge in [-0.25, -0.2) is 4.79 Å². The molecule has 0 N–H and O–H groups in total. The van der Waals surface area contributed by atoms with Crippen molar-refractivity contribution < 1.29 is 9.53 Å². The van der Waals surface area contributed by atoms with Gasteiger partial charge in [0.2, 0.25) is 0 Å². The molecule has 0 atom stereocenters. The summed E-state index contributed by atoms with van der Waals surface area (Å²) in [6.07, 6.45) is 5.28. The van der Waals surface area contributed by atoms with Crippen LogP contribution in [0, 0.1) is 0 Å². The predicted octanol–water partition coefficient (Wildman–Crippen LogP) is 3.13. The number of nitrogens with zero attached hydrogens (tertiary/aromatic N) is 4. The maximum absolute atomic E-state index is 12.5. The number of para-hydroxylation sites is 1. The van der Waals surface area contributed by atoms with Gasteiger partial charge in [0.05, 0.1) is 17.8 Å². The van der Waals surface area contributed by atoms with Gasteiger partial charge in [-0.05, 0) is 25.1 Å². The Bertz CT molecular complexity index is 937. The maximum atomic E-state index is 12.5. The first-order valence-electron chi connectivity index (χ1n) is 9.22. The zero-order chi connectivity index (χ0) is 18.6. The van der Waals surface area contributed by atoms with Crippen molar-refractivity contribution in [3.05, 3.63) is 60.6 Å². The van der Waals surface area contributed by atoms with Crippen LogP contribution in [0.1, 0.15) is 17.3 Å². The molecule has 3 heterocycles. The number of anilines is 2. The molecule has 27 heavy (non-hydrogen) atoms. The second-order valence-electron chi connectivity index (χ2n) is 6.44. The van der Waals surface area contributed by atoms with E-state index in [1.54, 1.807) is 6.20 Å². The molecule has 0 aliphatic carbocycles. The number of pyridine rings is 2. The van der Waals surface area contributed by atoms with Crippen LogP contribution in [0.5, 0.6) is 0 Å². The minimum atomic E-state index is -0.317. The summed E-state index contributed by atoms with van der Waals surface area (Å²) in [4.78, 5) is 25.7. The maximum Gasteiger partial charge on any atom is 0.341 e. The zero-order valence-corrected chi connectivity index (χ0v) is 15.3. The number of esters is 1. The van der Waals surface area contributed by atoms with Crippen molar-refractivity contribution in [3.63, 3.8) is 0 Å². The number of hydrogen-bond donors (Lipinski definition) is 0. The van der Waals surface area contributed by atoms with Crippen molar-refractivity contribution in [1.82, 2.24) is 9.97 Å². The summed E-state index contributed by atoms with van der Waals surface area (Å²) >= 11 is 0. The number of carbonyl (C=O) groups is 1. The van der Waals surface area contributed by atoms with Crippen LogP contribution in [0.25, 0.3) is 10.9 Å². The van der Waals surface area contributed by atoms with Crippen LogP contribution >= 0.6 is 0 Å². The highest BCUT2D eigenvalue weighted by Gasteiger charge is 2.25. The van der Waals surface area contributed by atoms with Crippen molar-refractivity contribution in [3.8, 4) is 0 Å². The van der Waals surface area contributed by atoms with E-state index >= 15 is 0 Å². The molecule has 1 aliphatic heterocycles. The van der Waals surface area contributed by atoms with Crippen molar-refractivity contribution in [2.24, 2.45) is 0 Å². The number of fused-ring (bicyclic) bond motifs is 1. The zero-order valence-electron chi connectivity index (χ0n) is 15.3. The molecule has 6 heteroatoms. The smallest absolute Gasteiger partial charge is 0.341 e. The van der Waals surface area contributed by atoms with Gasteiger partial charge in [0, 0.05) is 55.8 Å². The molecule has 1 aromatic carbocycles. The van der Waals surface area contributed by atoms with Crippen molar-refractivity contribution in [2.45, 2.75) is 6.92 Å². The molecule has 0 radical (unpaired) electrons. The third-order valence-corrected chi connectivity index (χ3v) is 4.87. The lowest BCUT2D eigenvalue weighted by Gasteiger charge is -2.38. The second kappa shape index (κ2) is 7.61. The van der Waals surface area contributed by atoms with Gasteiger partial charge < -0.3 is 14.5 Å². The summed E-state index contributed by atoms with van der Waals surface area (Å²) < 4.78 is 5.28. The summed E-state index contributed by atoms with van der Waals surface area (Å²) in [5.74, 6) is -0.317. The number of piperazine rings is 1. The molecular formula is C21H22N4O2. The summed E-state index contributed by atoms with van der Waals surface area (Å²) in [6.45, 7) is 5.57. The van der Waals surface area contributed by atoms with E-state index in [4.69, 9.17) is 4.74 Å². The Balaban J connectivity index is 1.66. The molecule has 4 rings (SSSR count). The number of benzene rings is 1. The first kappa shape index (κ1) is 17.3. The van der Waals surface area contributed by atoms with Gasteiger partial charge in [-0.3, -0.25) is 9.97 Å². The normalized spacial score (nSPS) is 14.4. The number of aromatic nitrogens is 2. The summed E-state index contributed by atoms with van der Waals surface area (Å²) in [7, 11) is 0. The molecule has 0 amide bonds. The van der Waals surface area contributed by atoms with Crippen molar-refractivity contribution >= 4 is 28.2 Å². The summed E-state index contributed by atoms with van der Waals surface area (Å²) in [5, 5.41) is 0.986. The first-order valence-corrected chi connectivity index (χ1v) is 9.22. The molecule has 1 fully saturated rings. The fourth-order valence-corrected chi connectivity index (χ4v) is 3.57. The van der Waals surface area contributed by atoms with Crippen molar-refractivity contribution in [2.75, 3.05) is 42.6 Å². The van der Waals surface area contributed by atoms with Crippen LogP contribution in [-0.4, -0.2) is 48.7 Å². The third-order valence-electron chi connectivity index (χ3n) is 4.87. The Morgan fingerprint density at radius 2 is 1.74 bits per heavy atom. The van der Waals surface area contributed by atoms with Crippen LogP contribution in [0.3, 0.4) is 0 Å². The lowest BCUT2D eigenvalue weighted by atomic mass is 10.1. The average molecular weight is 362 g/mol. The number of carbonyl (C=O) groups excluding carboxylic acids is 1. The van der Waals surface area contributed by atoms with Gasteiger partial charge in [0.25, 0.3) is 0 Å². The van der Waals surface area contributed by atoms with E-state index in [1.165, 1.54) is 5.69 Å². The highest BCUT2D eigenvalue weighted by molar-refractivity contribution is 6.05. The van der Waals surface area contributed by atoms with Gasteiger partial charge in [0.15, 0.2) is 0 Å². The van der Waals surface area contributed by atoms with E-state index in [1.807, 2.05) is 55.7 Å². The molecule has 1 aliphatic rings. The minimum absolute atomic E-state index is 0.317. The molecule has 138 valence electrons. The summed E-state index contributed by atoms with van der Waals surface area (Å²) in [6, 6.07) is 12.0. The van der Waals surface area contributed by atoms with Gasteiger partial charge in [0.1, 0.15) is 5.56 Å². The molecule has 2 aromatic heterocycles. The lowest BCUT2D eigenvalue weighted by molar-refractivity contribution is 0.0527. The molecule has 0 bridgehead atoms. The highest BCUT2D eigenvalue weighted by atomic mass is 16.5. The lowest BCUT2D eigenvalue weighted by Crippen LogP contribution is -2.47. The number of ether oxygens (including phenoxy) is 1. The molecule has 0 unspecified atom stereocenters. The molecular weight excluding hydrogens is 340 g/mol. The first-order chi connectivity index (χ1) is 13.3. The Hall–Kier alpha value is -3.15. The Morgan fingerprint density at radius 1 is 1.04 bits per heavy atom. The average Bonchev–Trinajstić information content (AvgIpc) is 2.74. The molecule has 3 aromatic rings. The Kier molecular flexibility index (Phi) is 4.87. The van der Waals surface area contributed by atoms with E-state index < -0.39 is 0 Å². The number of rotatable bonds is 4. The predicted molar refractivity (Wildman–Crippen MR) is 106 cm³/mol. The van der Waals surface area contributed by atoms with Crippen molar-refractivity contribution in [1.29, 1.82) is 0 Å². The molecule has 0 spiro atoms. The fourth-order valence-electron chi connectivity index (χ4n) is 3.57. The SMILES string of the molecule is CCOC(=O)c1cnc2ccccc2c1N1CCN(c2ccncc2)CC1. The standard InChI is InChI=1S/C21H22N4O2/c1-2-27-21(26)18-15-23-19-6-4-3-5-17(19)20(18)25-13-11-24(12-14-25)16-7-9-22-10-8-16/h3-10,15H,2,11-14H2,1H3. The highest BCUT2D eigenvalue weighted by Crippen LogP contribution is 2.31. The largest absolute Gasteiger partial charge is 0.462 e. The van der Waals surface area contributed by atoms with Crippen LogP contribution in [0.4, 0.5) is 11.4 Å². The number of hydrogen-bond acceptors (Lipinski definition) is 6.